The molecular weight excluding hydrogens is 348 g/mol. The molecule has 0 aliphatic rings. The Morgan fingerprint density at radius 1 is 0.964 bits per heavy atom. The molecule has 28 heavy (non-hydrogen) atoms. The number of anilines is 3. The van der Waals surface area contributed by atoms with Crippen LogP contribution in [0.1, 0.15) is 37.6 Å². The Morgan fingerprint density at radius 2 is 1.71 bits per heavy atom. The lowest BCUT2D eigenvalue weighted by Crippen LogP contribution is -2.08. The van der Waals surface area contributed by atoms with E-state index < -0.39 is 0 Å². The van der Waals surface area contributed by atoms with Gasteiger partial charge in [-0.3, -0.25) is 4.79 Å². The SMILES string of the molecule is CC(=O)c1cccc(Nc2cc(NCCC(C)C)nc(-c3ccccc3)n2)c1. The third-order valence-corrected chi connectivity index (χ3v) is 4.33. The van der Waals surface area contributed by atoms with Crippen LogP contribution in [-0.2, 0) is 0 Å². The highest BCUT2D eigenvalue weighted by molar-refractivity contribution is 5.95. The van der Waals surface area contributed by atoms with E-state index in [1.54, 1.807) is 6.92 Å². The van der Waals surface area contributed by atoms with Gasteiger partial charge in [-0.1, -0.05) is 56.3 Å². The predicted octanol–water partition coefficient (Wildman–Crippen LogP) is 5.55. The van der Waals surface area contributed by atoms with E-state index in [1.807, 2.05) is 60.7 Å². The van der Waals surface area contributed by atoms with Crippen molar-refractivity contribution in [3.8, 4) is 11.4 Å². The summed E-state index contributed by atoms with van der Waals surface area (Å²) < 4.78 is 0. The highest BCUT2D eigenvalue weighted by atomic mass is 16.1. The molecule has 3 aromatic rings. The Kier molecular flexibility index (Phi) is 6.37. The number of Topliss-reactive ketones (excluding diaryl/α,β-unsaturated/α-hetero) is 1. The van der Waals surface area contributed by atoms with Crippen LogP contribution in [0.2, 0.25) is 0 Å². The van der Waals surface area contributed by atoms with Crippen molar-refractivity contribution in [2.75, 3.05) is 17.2 Å². The van der Waals surface area contributed by atoms with Crippen LogP contribution < -0.4 is 10.6 Å². The normalized spacial score (nSPS) is 10.7. The molecule has 2 N–H and O–H groups in total. The lowest BCUT2D eigenvalue weighted by atomic mass is 10.1. The molecule has 0 radical (unpaired) electrons. The molecule has 144 valence electrons. The Hall–Kier alpha value is -3.21. The molecule has 1 heterocycles. The van der Waals surface area contributed by atoms with Crippen molar-refractivity contribution in [2.45, 2.75) is 27.2 Å². The predicted molar refractivity (Wildman–Crippen MR) is 115 cm³/mol. The molecule has 2 aromatic carbocycles. The Bertz CT molecular complexity index is 938. The number of benzene rings is 2. The second-order valence-electron chi connectivity index (χ2n) is 7.20. The van der Waals surface area contributed by atoms with Gasteiger partial charge >= 0.3 is 0 Å². The van der Waals surface area contributed by atoms with Gasteiger partial charge < -0.3 is 10.6 Å². The monoisotopic (exact) mass is 374 g/mol. The summed E-state index contributed by atoms with van der Waals surface area (Å²) in [5.74, 6) is 2.77. The Labute approximate surface area is 166 Å². The first-order valence-electron chi connectivity index (χ1n) is 9.57. The van der Waals surface area contributed by atoms with Crippen LogP contribution >= 0.6 is 0 Å². The molecule has 0 amide bonds. The number of rotatable bonds is 8. The molecule has 5 nitrogen and oxygen atoms in total. The van der Waals surface area contributed by atoms with Crippen molar-refractivity contribution in [1.82, 2.24) is 9.97 Å². The van der Waals surface area contributed by atoms with Crippen LogP contribution in [0.25, 0.3) is 11.4 Å². The van der Waals surface area contributed by atoms with Gasteiger partial charge in [-0.2, -0.15) is 0 Å². The highest BCUT2D eigenvalue weighted by Gasteiger charge is 2.08. The van der Waals surface area contributed by atoms with Crippen molar-refractivity contribution < 1.29 is 4.79 Å². The zero-order valence-corrected chi connectivity index (χ0v) is 16.6. The minimum Gasteiger partial charge on any atom is -0.370 e. The molecule has 0 saturated heterocycles. The van der Waals surface area contributed by atoms with Crippen LogP contribution in [0.15, 0.2) is 60.7 Å². The van der Waals surface area contributed by atoms with Crippen molar-refractivity contribution in [1.29, 1.82) is 0 Å². The minimum atomic E-state index is 0.0346. The van der Waals surface area contributed by atoms with E-state index in [0.29, 0.717) is 23.1 Å². The van der Waals surface area contributed by atoms with Crippen LogP contribution in [0, 0.1) is 5.92 Å². The van der Waals surface area contributed by atoms with Gasteiger partial charge in [0, 0.05) is 29.4 Å². The van der Waals surface area contributed by atoms with Gasteiger partial charge in [0.2, 0.25) is 0 Å². The number of aromatic nitrogens is 2. The van der Waals surface area contributed by atoms with Crippen LogP contribution in [-0.4, -0.2) is 22.3 Å². The van der Waals surface area contributed by atoms with Crippen molar-refractivity contribution in [3.63, 3.8) is 0 Å². The standard InChI is InChI=1S/C23H26N4O/c1-16(2)12-13-24-21-15-22(25-20-11-7-10-19(14-20)17(3)28)27-23(26-21)18-8-5-4-6-9-18/h4-11,14-16H,12-13H2,1-3H3,(H2,24,25,26,27). The average molecular weight is 374 g/mol. The third kappa shape index (κ3) is 5.39. The maximum Gasteiger partial charge on any atom is 0.163 e. The topological polar surface area (TPSA) is 66.9 Å². The molecule has 0 fully saturated rings. The van der Waals surface area contributed by atoms with Gasteiger partial charge in [0.25, 0.3) is 0 Å². The largest absolute Gasteiger partial charge is 0.370 e. The van der Waals surface area contributed by atoms with Gasteiger partial charge in [-0.15, -0.1) is 0 Å². The van der Waals surface area contributed by atoms with Crippen molar-refractivity contribution in [3.05, 3.63) is 66.2 Å². The summed E-state index contributed by atoms with van der Waals surface area (Å²) in [6.45, 7) is 6.81. The van der Waals surface area contributed by atoms with E-state index in [0.717, 1.165) is 30.0 Å². The molecule has 5 heteroatoms. The van der Waals surface area contributed by atoms with Crippen molar-refractivity contribution in [2.24, 2.45) is 5.92 Å². The molecule has 3 rings (SSSR count). The highest BCUT2D eigenvalue weighted by Crippen LogP contribution is 2.23. The summed E-state index contributed by atoms with van der Waals surface area (Å²) in [6, 6.07) is 19.2. The summed E-state index contributed by atoms with van der Waals surface area (Å²) in [5.41, 5.74) is 2.44. The first-order valence-corrected chi connectivity index (χ1v) is 9.57. The number of ketones is 1. The van der Waals surface area contributed by atoms with Gasteiger partial charge in [0.05, 0.1) is 0 Å². The lowest BCUT2D eigenvalue weighted by Gasteiger charge is -2.13. The van der Waals surface area contributed by atoms with E-state index in [2.05, 4.69) is 34.4 Å². The summed E-state index contributed by atoms with van der Waals surface area (Å²) in [7, 11) is 0. The summed E-state index contributed by atoms with van der Waals surface area (Å²) in [4.78, 5) is 21.0. The second kappa shape index (κ2) is 9.13. The third-order valence-electron chi connectivity index (χ3n) is 4.33. The van der Waals surface area contributed by atoms with E-state index in [9.17, 15) is 4.79 Å². The fourth-order valence-corrected chi connectivity index (χ4v) is 2.77. The first-order chi connectivity index (χ1) is 13.5. The fraction of sp³-hybridized carbons (Fsp3) is 0.261. The average Bonchev–Trinajstić information content (AvgIpc) is 2.68. The first kappa shape index (κ1) is 19.5. The minimum absolute atomic E-state index is 0.0346. The number of hydrogen-bond donors (Lipinski definition) is 2. The van der Waals surface area contributed by atoms with Gasteiger partial charge in [0.1, 0.15) is 11.6 Å². The smallest absolute Gasteiger partial charge is 0.163 e. The van der Waals surface area contributed by atoms with E-state index >= 15 is 0 Å². The maximum absolute atomic E-state index is 11.7. The van der Waals surface area contributed by atoms with Crippen LogP contribution in [0.3, 0.4) is 0 Å². The van der Waals surface area contributed by atoms with Gasteiger partial charge in [-0.25, -0.2) is 9.97 Å². The maximum atomic E-state index is 11.7. The zero-order valence-electron chi connectivity index (χ0n) is 16.6. The molecule has 0 aliphatic carbocycles. The molecule has 0 atom stereocenters. The molecule has 0 unspecified atom stereocenters. The molecular formula is C23H26N4O. The molecule has 0 aliphatic heterocycles. The fourth-order valence-electron chi connectivity index (χ4n) is 2.77. The molecule has 0 bridgehead atoms. The summed E-state index contributed by atoms with van der Waals surface area (Å²) >= 11 is 0. The van der Waals surface area contributed by atoms with E-state index in [-0.39, 0.29) is 5.78 Å². The summed E-state index contributed by atoms with van der Waals surface area (Å²) in [6.07, 6.45) is 1.06. The van der Waals surface area contributed by atoms with Gasteiger partial charge in [0.15, 0.2) is 11.6 Å². The number of hydrogen-bond acceptors (Lipinski definition) is 5. The molecule has 0 spiro atoms. The lowest BCUT2D eigenvalue weighted by molar-refractivity contribution is 0.101. The van der Waals surface area contributed by atoms with Crippen LogP contribution in [0.4, 0.5) is 17.3 Å². The second-order valence-corrected chi connectivity index (χ2v) is 7.20. The number of nitrogens with one attached hydrogen (secondary N) is 2. The Balaban J connectivity index is 1.90. The Morgan fingerprint density at radius 3 is 2.43 bits per heavy atom. The van der Waals surface area contributed by atoms with Crippen LogP contribution in [0.5, 0.6) is 0 Å². The van der Waals surface area contributed by atoms with E-state index in [1.165, 1.54) is 0 Å². The summed E-state index contributed by atoms with van der Waals surface area (Å²) in [5, 5.41) is 6.70. The van der Waals surface area contributed by atoms with Crippen molar-refractivity contribution >= 4 is 23.1 Å². The van der Waals surface area contributed by atoms with Gasteiger partial charge in [-0.05, 0) is 31.4 Å². The molecule has 0 saturated carbocycles. The zero-order chi connectivity index (χ0) is 19.9. The number of nitrogens with zero attached hydrogens (tertiary/aromatic N) is 2. The number of carbonyl (C=O) groups excluding carboxylic acids is 1. The quantitative estimate of drug-likeness (QED) is 0.506. The number of carbonyl (C=O) groups is 1. The van der Waals surface area contributed by atoms with E-state index in [4.69, 9.17) is 0 Å². The molecule has 1 aromatic heterocycles.